The highest BCUT2D eigenvalue weighted by atomic mass is 32.1. The molecule has 6 nitrogen and oxygen atoms in total. The van der Waals surface area contributed by atoms with Crippen molar-refractivity contribution in [2.24, 2.45) is 7.05 Å². The molecule has 0 bridgehead atoms. The molecule has 3 aromatic heterocycles. The predicted octanol–water partition coefficient (Wildman–Crippen LogP) is 2.19. The van der Waals surface area contributed by atoms with Crippen LogP contribution < -0.4 is 5.32 Å². The van der Waals surface area contributed by atoms with E-state index in [1.165, 1.54) is 11.3 Å². The minimum atomic E-state index is 0.0101. The van der Waals surface area contributed by atoms with E-state index in [1.807, 2.05) is 31.6 Å². The number of aryl methyl sites for hydroxylation is 4. The van der Waals surface area contributed by atoms with Gasteiger partial charge in [0, 0.05) is 37.6 Å². The van der Waals surface area contributed by atoms with Gasteiger partial charge in [-0.05, 0) is 26.3 Å². The highest BCUT2D eigenvalue weighted by Crippen LogP contribution is 2.27. The Hall–Kier alpha value is -2.15. The van der Waals surface area contributed by atoms with Crippen LogP contribution in [-0.4, -0.2) is 31.3 Å². The number of amides is 1. The quantitative estimate of drug-likeness (QED) is 0.784. The second-order valence-corrected chi connectivity index (χ2v) is 7.23. The minimum absolute atomic E-state index is 0.0101. The standard InChI is InChI=1S/C16H19N5OS/c1-9-7-21-8-11(4-5-14(21)17-9)18-15(22)13-6-12-10(2)19-20(3)16(12)23-13/h6-7,11H,4-5,8H2,1-3H3,(H,18,22)/t11-/m0/s1. The van der Waals surface area contributed by atoms with Crippen LogP contribution in [0.3, 0.4) is 0 Å². The maximum Gasteiger partial charge on any atom is 0.261 e. The van der Waals surface area contributed by atoms with E-state index >= 15 is 0 Å². The van der Waals surface area contributed by atoms with E-state index in [9.17, 15) is 4.79 Å². The van der Waals surface area contributed by atoms with Gasteiger partial charge in [-0.15, -0.1) is 11.3 Å². The summed E-state index contributed by atoms with van der Waals surface area (Å²) >= 11 is 1.50. The monoisotopic (exact) mass is 329 g/mol. The lowest BCUT2D eigenvalue weighted by Crippen LogP contribution is -2.40. The van der Waals surface area contributed by atoms with Gasteiger partial charge in [-0.1, -0.05) is 0 Å². The summed E-state index contributed by atoms with van der Waals surface area (Å²) in [5, 5.41) is 8.62. The fraction of sp³-hybridized carbons (Fsp3) is 0.438. The van der Waals surface area contributed by atoms with Crippen LogP contribution in [0.4, 0.5) is 0 Å². The van der Waals surface area contributed by atoms with Gasteiger partial charge in [0.2, 0.25) is 0 Å². The molecule has 1 aliphatic heterocycles. The first-order valence-corrected chi connectivity index (χ1v) is 8.59. The summed E-state index contributed by atoms with van der Waals surface area (Å²) in [6.07, 6.45) is 3.91. The molecule has 3 aromatic rings. The normalized spacial score (nSPS) is 17.4. The number of nitrogens with one attached hydrogen (secondary N) is 1. The van der Waals surface area contributed by atoms with E-state index in [0.29, 0.717) is 0 Å². The van der Waals surface area contributed by atoms with Crippen molar-refractivity contribution in [2.75, 3.05) is 0 Å². The van der Waals surface area contributed by atoms with Crippen LogP contribution in [0.2, 0.25) is 0 Å². The van der Waals surface area contributed by atoms with Crippen LogP contribution in [0.5, 0.6) is 0 Å². The number of carbonyl (C=O) groups is 1. The first-order valence-electron chi connectivity index (χ1n) is 7.78. The van der Waals surface area contributed by atoms with Crippen LogP contribution in [0, 0.1) is 13.8 Å². The average Bonchev–Trinajstić information content (AvgIpc) is 3.14. The SMILES string of the molecule is Cc1cn2c(n1)CC[C@H](NC(=O)c1cc3c(C)nn(C)c3s1)C2. The number of imidazole rings is 1. The number of aromatic nitrogens is 4. The average molecular weight is 329 g/mol. The van der Waals surface area contributed by atoms with E-state index < -0.39 is 0 Å². The number of rotatable bonds is 2. The van der Waals surface area contributed by atoms with E-state index in [2.05, 4.69) is 26.2 Å². The largest absolute Gasteiger partial charge is 0.347 e. The number of carbonyl (C=O) groups excluding carboxylic acids is 1. The summed E-state index contributed by atoms with van der Waals surface area (Å²) in [4.78, 5) is 18.9. The number of hydrogen-bond donors (Lipinski definition) is 1. The lowest BCUT2D eigenvalue weighted by molar-refractivity contribution is 0.0932. The van der Waals surface area contributed by atoms with Crippen molar-refractivity contribution in [1.82, 2.24) is 24.6 Å². The van der Waals surface area contributed by atoms with Crippen LogP contribution in [-0.2, 0) is 20.0 Å². The minimum Gasteiger partial charge on any atom is -0.347 e. The maximum atomic E-state index is 12.6. The molecule has 0 radical (unpaired) electrons. The first kappa shape index (κ1) is 14.4. The van der Waals surface area contributed by atoms with Crippen LogP contribution in [0.1, 0.15) is 33.3 Å². The molecule has 120 valence electrons. The molecule has 23 heavy (non-hydrogen) atoms. The van der Waals surface area contributed by atoms with Gasteiger partial charge in [-0.3, -0.25) is 9.48 Å². The highest BCUT2D eigenvalue weighted by molar-refractivity contribution is 7.20. The van der Waals surface area contributed by atoms with Gasteiger partial charge in [-0.25, -0.2) is 4.98 Å². The van der Waals surface area contributed by atoms with Gasteiger partial charge in [0.05, 0.1) is 16.3 Å². The van der Waals surface area contributed by atoms with Crippen molar-refractivity contribution in [3.8, 4) is 0 Å². The first-order chi connectivity index (χ1) is 11.0. The zero-order valence-electron chi connectivity index (χ0n) is 13.5. The summed E-state index contributed by atoms with van der Waals surface area (Å²) < 4.78 is 4.00. The predicted molar refractivity (Wildman–Crippen MR) is 89.9 cm³/mol. The highest BCUT2D eigenvalue weighted by Gasteiger charge is 2.23. The Bertz CT molecular complexity index is 869. The molecule has 0 fully saturated rings. The molecule has 0 spiro atoms. The van der Waals surface area contributed by atoms with Crippen molar-refractivity contribution >= 4 is 27.5 Å². The molecule has 1 aliphatic rings. The summed E-state index contributed by atoms with van der Waals surface area (Å²) in [5.41, 5.74) is 2.01. The van der Waals surface area contributed by atoms with E-state index in [-0.39, 0.29) is 11.9 Å². The molecule has 0 unspecified atom stereocenters. The molecule has 0 saturated heterocycles. The molecule has 1 N–H and O–H groups in total. The molecular weight excluding hydrogens is 310 g/mol. The molecule has 0 aromatic carbocycles. The Balaban J connectivity index is 1.52. The Labute approximate surface area is 138 Å². The molecule has 4 heterocycles. The fourth-order valence-corrected chi connectivity index (χ4v) is 4.30. The Morgan fingerprint density at radius 2 is 2.26 bits per heavy atom. The van der Waals surface area contributed by atoms with Crippen molar-refractivity contribution < 1.29 is 4.79 Å². The third-order valence-corrected chi connectivity index (χ3v) is 5.57. The third-order valence-electron chi connectivity index (χ3n) is 4.37. The number of nitrogens with zero attached hydrogens (tertiary/aromatic N) is 4. The lowest BCUT2D eigenvalue weighted by Gasteiger charge is -2.24. The fourth-order valence-electron chi connectivity index (χ4n) is 3.28. The zero-order chi connectivity index (χ0) is 16.1. The molecular formula is C16H19N5OS. The van der Waals surface area contributed by atoms with Crippen molar-refractivity contribution in [3.05, 3.63) is 34.4 Å². The number of thiophene rings is 1. The summed E-state index contributed by atoms with van der Waals surface area (Å²) in [5.74, 6) is 1.13. The van der Waals surface area contributed by atoms with Crippen LogP contribution in [0.15, 0.2) is 12.3 Å². The van der Waals surface area contributed by atoms with Crippen LogP contribution >= 0.6 is 11.3 Å². The molecule has 0 aliphatic carbocycles. The van der Waals surface area contributed by atoms with E-state index in [4.69, 9.17) is 0 Å². The summed E-state index contributed by atoms with van der Waals surface area (Å²) in [6.45, 7) is 4.78. The Morgan fingerprint density at radius 3 is 3.04 bits per heavy atom. The van der Waals surface area contributed by atoms with Gasteiger partial charge in [0.1, 0.15) is 10.7 Å². The molecule has 1 amide bonds. The van der Waals surface area contributed by atoms with Crippen LogP contribution in [0.25, 0.3) is 10.2 Å². The van der Waals surface area contributed by atoms with Gasteiger partial charge < -0.3 is 9.88 Å². The Kier molecular flexibility index (Phi) is 3.26. The lowest BCUT2D eigenvalue weighted by atomic mass is 10.1. The number of hydrogen-bond acceptors (Lipinski definition) is 4. The molecule has 1 atom stereocenters. The van der Waals surface area contributed by atoms with E-state index in [1.54, 1.807) is 0 Å². The molecule has 0 saturated carbocycles. The van der Waals surface area contributed by atoms with Gasteiger partial charge in [-0.2, -0.15) is 5.10 Å². The smallest absolute Gasteiger partial charge is 0.261 e. The maximum absolute atomic E-state index is 12.6. The second kappa shape index (κ2) is 5.19. The second-order valence-electron chi connectivity index (χ2n) is 6.20. The topological polar surface area (TPSA) is 64.7 Å². The van der Waals surface area contributed by atoms with Crippen molar-refractivity contribution in [3.63, 3.8) is 0 Å². The van der Waals surface area contributed by atoms with Gasteiger partial charge >= 0.3 is 0 Å². The third kappa shape index (κ3) is 2.45. The summed E-state index contributed by atoms with van der Waals surface area (Å²) in [7, 11) is 1.91. The zero-order valence-corrected chi connectivity index (χ0v) is 14.3. The van der Waals surface area contributed by atoms with Gasteiger partial charge in [0.15, 0.2) is 0 Å². The summed E-state index contributed by atoms with van der Waals surface area (Å²) in [6, 6.07) is 2.11. The van der Waals surface area contributed by atoms with Gasteiger partial charge in [0.25, 0.3) is 5.91 Å². The molecule has 7 heteroatoms. The van der Waals surface area contributed by atoms with Crippen molar-refractivity contribution in [1.29, 1.82) is 0 Å². The number of fused-ring (bicyclic) bond motifs is 2. The Morgan fingerprint density at radius 1 is 1.43 bits per heavy atom. The molecule has 4 rings (SSSR count). The van der Waals surface area contributed by atoms with Crippen molar-refractivity contribution in [2.45, 2.75) is 39.3 Å². The van der Waals surface area contributed by atoms with E-state index in [0.717, 1.165) is 51.7 Å².